The summed E-state index contributed by atoms with van der Waals surface area (Å²) in [4.78, 5) is 0. The molecule has 0 aromatic rings. The van der Waals surface area contributed by atoms with E-state index in [1.165, 1.54) is 0 Å². The van der Waals surface area contributed by atoms with Crippen molar-refractivity contribution in [1.82, 2.24) is 0 Å². The van der Waals surface area contributed by atoms with Crippen LogP contribution in [0.4, 0.5) is 4.39 Å². The van der Waals surface area contributed by atoms with Gasteiger partial charge in [0.1, 0.15) is 6.17 Å². The number of aliphatic hydroxyl groups excluding tert-OH is 1. The Labute approximate surface area is 67.6 Å². The number of aliphatic hydroxyl groups is 1. The highest BCUT2D eigenvalue weighted by atomic mass is 19.1. The first-order valence-corrected chi connectivity index (χ1v) is 4.52. The predicted molar refractivity (Wildman–Crippen MR) is 43.2 cm³/mol. The van der Waals surface area contributed by atoms with E-state index in [4.69, 9.17) is 5.11 Å². The summed E-state index contributed by atoms with van der Waals surface area (Å²) in [5.74, 6) is 0.128. The fraction of sp³-hybridized carbons (Fsp3) is 1.00. The monoisotopic (exact) mass is 160 g/mol. The van der Waals surface area contributed by atoms with Gasteiger partial charge in [0, 0.05) is 0 Å². The number of alkyl halides is 1. The van der Waals surface area contributed by atoms with E-state index in [0.717, 1.165) is 19.3 Å². The summed E-state index contributed by atoms with van der Waals surface area (Å²) in [5.41, 5.74) is 0. The fourth-order valence-corrected chi connectivity index (χ4v) is 1.87. The van der Waals surface area contributed by atoms with Gasteiger partial charge in [0.2, 0.25) is 0 Å². The second-order valence-electron chi connectivity index (χ2n) is 3.65. The van der Waals surface area contributed by atoms with Crippen molar-refractivity contribution in [3.8, 4) is 0 Å². The molecule has 1 saturated carbocycles. The van der Waals surface area contributed by atoms with Crippen LogP contribution in [0.3, 0.4) is 0 Å². The van der Waals surface area contributed by atoms with E-state index in [2.05, 4.69) is 0 Å². The van der Waals surface area contributed by atoms with Crippen LogP contribution >= 0.6 is 0 Å². The lowest BCUT2D eigenvalue weighted by Gasteiger charge is -2.26. The molecule has 2 heteroatoms. The molecule has 3 atom stereocenters. The van der Waals surface area contributed by atoms with Crippen LogP contribution in [0.1, 0.15) is 39.0 Å². The lowest BCUT2D eigenvalue weighted by molar-refractivity contribution is 0.0949. The molecule has 0 heterocycles. The molecule has 0 spiro atoms. The average Bonchev–Trinajstić information content (AvgIpc) is 1.93. The quantitative estimate of drug-likeness (QED) is 0.657. The Hall–Kier alpha value is -0.110. The van der Waals surface area contributed by atoms with E-state index in [1.54, 1.807) is 6.92 Å². The standard InChI is InChI=1S/C9H17FO/c1-7(11)6-8-4-2-3-5-9(8)10/h7-9,11H,2-6H2,1H3. The van der Waals surface area contributed by atoms with Gasteiger partial charge in [-0.15, -0.1) is 0 Å². The lowest BCUT2D eigenvalue weighted by Crippen LogP contribution is -2.23. The minimum Gasteiger partial charge on any atom is -0.393 e. The third-order valence-electron chi connectivity index (χ3n) is 2.46. The van der Waals surface area contributed by atoms with Gasteiger partial charge in [-0.2, -0.15) is 0 Å². The Balaban J connectivity index is 2.29. The fourth-order valence-electron chi connectivity index (χ4n) is 1.87. The van der Waals surface area contributed by atoms with E-state index in [1.807, 2.05) is 0 Å². The maximum Gasteiger partial charge on any atom is 0.103 e. The molecule has 0 bridgehead atoms. The molecule has 0 saturated heterocycles. The van der Waals surface area contributed by atoms with Crippen LogP contribution in [0.15, 0.2) is 0 Å². The van der Waals surface area contributed by atoms with Crippen molar-refractivity contribution >= 4 is 0 Å². The van der Waals surface area contributed by atoms with E-state index in [0.29, 0.717) is 12.8 Å². The Morgan fingerprint density at radius 3 is 2.64 bits per heavy atom. The molecule has 1 fully saturated rings. The number of rotatable bonds is 2. The van der Waals surface area contributed by atoms with E-state index in [-0.39, 0.29) is 12.0 Å². The summed E-state index contributed by atoms with van der Waals surface area (Å²) in [6, 6.07) is 0. The van der Waals surface area contributed by atoms with Crippen LogP contribution in [-0.2, 0) is 0 Å². The Kier molecular flexibility index (Phi) is 3.31. The minimum atomic E-state index is -0.654. The SMILES string of the molecule is CC(O)CC1CCCCC1F. The van der Waals surface area contributed by atoms with Gasteiger partial charge < -0.3 is 5.11 Å². The predicted octanol–water partition coefficient (Wildman–Crippen LogP) is 2.29. The maximum absolute atomic E-state index is 13.1. The number of hydrogen-bond donors (Lipinski definition) is 1. The highest BCUT2D eigenvalue weighted by Gasteiger charge is 2.25. The van der Waals surface area contributed by atoms with Crippen LogP contribution in [0.2, 0.25) is 0 Å². The van der Waals surface area contributed by atoms with Crippen LogP contribution in [0, 0.1) is 5.92 Å². The van der Waals surface area contributed by atoms with Crippen molar-refractivity contribution in [1.29, 1.82) is 0 Å². The number of hydrogen-bond acceptors (Lipinski definition) is 1. The largest absolute Gasteiger partial charge is 0.393 e. The van der Waals surface area contributed by atoms with Gasteiger partial charge in [-0.25, -0.2) is 4.39 Å². The van der Waals surface area contributed by atoms with Crippen molar-refractivity contribution in [2.45, 2.75) is 51.3 Å². The smallest absolute Gasteiger partial charge is 0.103 e. The average molecular weight is 160 g/mol. The molecule has 1 aliphatic rings. The first-order valence-electron chi connectivity index (χ1n) is 4.52. The molecule has 0 aliphatic heterocycles. The zero-order chi connectivity index (χ0) is 8.27. The molecular weight excluding hydrogens is 143 g/mol. The molecule has 11 heavy (non-hydrogen) atoms. The lowest BCUT2D eigenvalue weighted by atomic mass is 9.84. The zero-order valence-corrected chi connectivity index (χ0v) is 7.09. The molecule has 1 nitrogen and oxygen atoms in total. The van der Waals surface area contributed by atoms with Gasteiger partial charge in [0.25, 0.3) is 0 Å². The van der Waals surface area contributed by atoms with Gasteiger partial charge >= 0.3 is 0 Å². The van der Waals surface area contributed by atoms with E-state index >= 15 is 0 Å². The molecule has 0 aromatic carbocycles. The summed E-state index contributed by atoms with van der Waals surface area (Å²) in [6.45, 7) is 1.74. The normalized spacial score (nSPS) is 35.2. The Bertz CT molecular complexity index is 114. The molecule has 1 rings (SSSR count). The maximum atomic E-state index is 13.1. The summed E-state index contributed by atoms with van der Waals surface area (Å²) in [7, 11) is 0. The minimum absolute atomic E-state index is 0.128. The van der Waals surface area contributed by atoms with Crippen molar-refractivity contribution in [3.63, 3.8) is 0 Å². The molecule has 1 N–H and O–H groups in total. The van der Waals surface area contributed by atoms with Crippen LogP contribution in [0.25, 0.3) is 0 Å². The van der Waals surface area contributed by atoms with E-state index in [9.17, 15) is 4.39 Å². The zero-order valence-electron chi connectivity index (χ0n) is 7.09. The van der Waals surface area contributed by atoms with Crippen molar-refractivity contribution in [3.05, 3.63) is 0 Å². The third-order valence-corrected chi connectivity index (χ3v) is 2.46. The van der Waals surface area contributed by atoms with Crippen LogP contribution in [-0.4, -0.2) is 17.4 Å². The first-order chi connectivity index (χ1) is 5.20. The van der Waals surface area contributed by atoms with E-state index < -0.39 is 6.17 Å². The van der Waals surface area contributed by atoms with Crippen molar-refractivity contribution in [2.24, 2.45) is 5.92 Å². The molecule has 3 unspecified atom stereocenters. The summed E-state index contributed by atoms with van der Waals surface area (Å²) >= 11 is 0. The molecule has 0 amide bonds. The van der Waals surface area contributed by atoms with Gasteiger partial charge in [-0.1, -0.05) is 12.8 Å². The second kappa shape index (κ2) is 4.05. The summed E-state index contributed by atoms with van der Waals surface area (Å²) in [5, 5.41) is 9.06. The molecule has 0 radical (unpaired) electrons. The van der Waals surface area contributed by atoms with Gasteiger partial charge in [-0.05, 0) is 32.1 Å². The molecule has 0 aromatic heterocycles. The summed E-state index contributed by atoms with van der Waals surface area (Å²) in [6.07, 6.45) is 3.48. The highest BCUT2D eigenvalue weighted by molar-refractivity contribution is 4.75. The number of halogens is 1. The molecular formula is C9H17FO. The van der Waals surface area contributed by atoms with Crippen molar-refractivity contribution < 1.29 is 9.50 Å². The van der Waals surface area contributed by atoms with Gasteiger partial charge in [0.15, 0.2) is 0 Å². The highest BCUT2D eigenvalue weighted by Crippen LogP contribution is 2.29. The van der Waals surface area contributed by atoms with Gasteiger partial charge in [-0.3, -0.25) is 0 Å². The van der Waals surface area contributed by atoms with Gasteiger partial charge in [0.05, 0.1) is 6.10 Å². The Morgan fingerprint density at radius 1 is 1.45 bits per heavy atom. The second-order valence-corrected chi connectivity index (χ2v) is 3.65. The van der Waals surface area contributed by atoms with Crippen LogP contribution < -0.4 is 0 Å². The summed E-state index contributed by atoms with van der Waals surface area (Å²) < 4.78 is 13.1. The molecule has 66 valence electrons. The first kappa shape index (κ1) is 8.98. The molecule has 1 aliphatic carbocycles. The third kappa shape index (κ3) is 2.78. The topological polar surface area (TPSA) is 20.2 Å². The van der Waals surface area contributed by atoms with Crippen LogP contribution in [0.5, 0.6) is 0 Å². The van der Waals surface area contributed by atoms with Crippen molar-refractivity contribution in [2.75, 3.05) is 0 Å². The Morgan fingerprint density at radius 2 is 2.09 bits per heavy atom.